The van der Waals surface area contributed by atoms with Gasteiger partial charge in [0.15, 0.2) is 4.96 Å². The Labute approximate surface area is 170 Å². The van der Waals surface area contributed by atoms with Crippen LogP contribution in [0.2, 0.25) is 0 Å². The molecule has 0 bridgehead atoms. The number of amides is 1. The lowest BCUT2D eigenvalue weighted by Gasteiger charge is -2.24. The first-order valence-corrected chi connectivity index (χ1v) is 10.8. The summed E-state index contributed by atoms with van der Waals surface area (Å²) in [5, 5.41) is 1.92. The van der Waals surface area contributed by atoms with E-state index >= 15 is 0 Å². The number of imidazole rings is 1. The van der Waals surface area contributed by atoms with Crippen LogP contribution in [0.1, 0.15) is 40.9 Å². The maximum absolute atomic E-state index is 13.0. The zero-order valence-corrected chi connectivity index (χ0v) is 17.6. The number of hydrogen-bond acceptors (Lipinski definition) is 4. The van der Waals surface area contributed by atoms with E-state index in [1.54, 1.807) is 0 Å². The van der Waals surface area contributed by atoms with Gasteiger partial charge in [0.1, 0.15) is 5.69 Å². The van der Waals surface area contributed by atoms with Crippen molar-refractivity contribution in [2.75, 3.05) is 26.8 Å². The summed E-state index contributed by atoms with van der Waals surface area (Å²) in [6.45, 7) is 6.66. The number of carbonyl (C=O) groups excluding carboxylic acids is 1. The third kappa shape index (κ3) is 3.84. The molecule has 6 heteroatoms. The molecule has 2 aromatic heterocycles. The Bertz CT molecular complexity index is 985. The van der Waals surface area contributed by atoms with Crippen molar-refractivity contribution in [3.8, 4) is 11.3 Å². The third-order valence-electron chi connectivity index (χ3n) is 5.66. The third-order valence-corrected chi connectivity index (χ3v) is 6.50. The Hall–Kier alpha value is -2.18. The minimum Gasteiger partial charge on any atom is -0.381 e. The summed E-state index contributed by atoms with van der Waals surface area (Å²) in [4.78, 5) is 20.5. The van der Waals surface area contributed by atoms with E-state index in [1.807, 2.05) is 27.9 Å². The molecule has 1 aromatic carbocycles. The molecule has 4 rings (SSSR count). The van der Waals surface area contributed by atoms with Gasteiger partial charge in [-0.25, -0.2) is 4.98 Å². The molecular formula is C22H27N3O2S. The van der Waals surface area contributed by atoms with Gasteiger partial charge in [0.05, 0.1) is 5.69 Å². The molecule has 0 spiro atoms. The van der Waals surface area contributed by atoms with Gasteiger partial charge in [-0.1, -0.05) is 17.7 Å². The smallest absolute Gasteiger partial charge is 0.271 e. The van der Waals surface area contributed by atoms with Crippen LogP contribution in [0.25, 0.3) is 16.2 Å². The average molecular weight is 398 g/mol. The topological polar surface area (TPSA) is 46.8 Å². The highest BCUT2D eigenvalue weighted by Crippen LogP contribution is 2.27. The van der Waals surface area contributed by atoms with E-state index < -0.39 is 0 Å². The zero-order chi connectivity index (χ0) is 19.7. The van der Waals surface area contributed by atoms with Gasteiger partial charge in [0.25, 0.3) is 5.91 Å². The monoisotopic (exact) mass is 397 g/mol. The first kappa shape index (κ1) is 19.2. The second kappa shape index (κ2) is 8.05. The van der Waals surface area contributed by atoms with E-state index in [2.05, 4.69) is 32.0 Å². The van der Waals surface area contributed by atoms with Gasteiger partial charge in [-0.2, -0.15) is 0 Å². The lowest BCUT2D eigenvalue weighted by atomic mass is 9.96. The number of carbonyl (C=O) groups is 1. The number of thiazole rings is 1. The van der Waals surface area contributed by atoms with E-state index in [9.17, 15) is 4.79 Å². The molecule has 0 N–H and O–H groups in total. The Morgan fingerprint density at radius 3 is 2.89 bits per heavy atom. The maximum atomic E-state index is 13.0. The predicted molar refractivity (Wildman–Crippen MR) is 113 cm³/mol. The number of aromatic nitrogens is 2. The van der Waals surface area contributed by atoms with Crippen molar-refractivity contribution >= 4 is 22.2 Å². The standard InChI is InChI=1S/C22H27N3O2S/c1-15-4-5-16(2)18(12-15)19-13-25-20(14-28-22(25)23-19)21(26)24(3)9-6-17-7-10-27-11-8-17/h4-5,12-14,17H,6-11H2,1-3H3. The molecule has 1 aliphatic heterocycles. The molecule has 0 radical (unpaired) electrons. The largest absolute Gasteiger partial charge is 0.381 e. The van der Waals surface area contributed by atoms with Gasteiger partial charge in [0, 0.05) is 43.9 Å². The number of fused-ring (bicyclic) bond motifs is 1. The number of benzene rings is 1. The van der Waals surface area contributed by atoms with Gasteiger partial charge in [-0.05, 0) is 50.7 Å². The van der Waals surface area contributed by atoms with E-state index in [4.69, 9.17) is 9.72 Å². The molecule has 3 heterocycles. The summed E-state index contributed by atoms with van der Waals surface area (Å²) in [6, 6.07) is 6.39. The van der Waals surface area contributed by atoms with Crippen LogP contribution in [0, 0.1) is 19.8 Å². The van der Waals surface area contributed by atoms with E-state index in [0.29, 0.717) is 11.6 Å². The molecule has 0 saturated carbocycles. The number of aryl methyl sites for hydroxylation is 2. The number of rotatable bonds is 5. The van der Waals surface area contributed by atoms with Crippen LogP contribution in [0.3, 0.4) is 0 Å². The summed E-state index contributed by atoms with van der Waals surface area (Å²) >= 11 is 1.52. The summed E-state index contributed by atoms with van der Waals surface area (Å²) in [5.41, 5.74) is 5.14. The Morgan fingerprint density at radius 2 is 2.11 bits per heavy atom. The quantitative estimate of drug-likeness (QED) is 0.634. The number of nitrogens with zero attached hydrogens (tertiary/aromatic N) is 3. The second-order valence-corrected chi connectivity index (χ2v) is 8.63. The highest BCUT2D eigenvalue weighted by atomic mass is 32.1. The van der Waals surface area contributed by atoms with Gasteiger partial charge in [-0.3, -0.25) is 9.20 Å². The van der Waals surface area contributed by atoms with E-state index in [-0.39, 0.29) is 5.91 Å². The predicted octanol–water partition coefficient (Wildman–Crippen LogP) is 4.57. The van der Waals surface area contributed by atoms with Crippen LogP contribution < -0.4 is 0 Å². The molecule has 0 atom stereocenters. The van der Waals surface area contributed by atoms with Crippen LogP contribution in [0.15, 0.2) is 29.8 Å². The SMILES string of the molecule is Cc1ccc(C)c(-c2cn3c(C(=O)N(C)CCC4CCOCC4)csc3n2)c1. The van der Waals surface area contributed by atoms with Crippen molar-refractivity contribution in [1.82, 2.24) is 14.3 Å². The van der Waals surface area contributed by atoms with Gasteiger partial charge < -0.3 is 9.64 Å². The number of ether oxygens (including phenoxy) is 1. The zero-order valence-electron chi connectivity index (χ0n) is 16.8. The molecule has 148 valence electrons. The highest BCUT2D eigenvalue weighted by Gasteiger charge is 2.21. The van der Waals surface area contributed by atoms with E-state index in [1.165, 1.54) is 22.5 Å². The Kier molecular flexibility index (Phi) is 5.51. The van der Waals surface area contributed by atoms with Crippen molar-refractivity contribution < 1.29 is 9.53 Å². The lowest BCUT2D eigenvalue weighted by molar-refractivity contribution is 0.0582. The van der Waals surface area contributed by atoms with Crippen molar-refractivity contribution in [3.05, 3.63) is 46.6 Å². The first-order valence-electron chi connectivity index (χ1n) is 9.90. The molecule has 0 unspecified atom stereocenters. The van der Waals surface area contributed by atoms with Gasteiger partial charge >= 0.3 is 0 Å². The van der Waals surface area contributed by atoms with Crippen molar-refractivity contribution in [2.45, 2.75) is 33.1 Å². The van der Waals surface area contributed by atoms with Crippen LogP contribution in [-0.2, 0) is 4.74 Å². The van der Waals surface area contributed by atoms with Crippen molar-refractivity contribution in [3.63, 3.8) is 0 Å². The Balaban J connectivity index is 1.52. The summed E-state index contributed by atoms with van der Waals surface area (Å²) < 4.78 is 7.37. The molecule has 28 heavy (non-hydrogen) atoms. The van der Waals surface area contributed by atoms with E-state index in [0.717, 1.165) is 55.2 Å². The molecule has 5 nitrogen and oxygen atoms in total. The highest BCUT2D eigenvalue weighted by molar-refractivity contribution is 7.15. The molecule has 1 amide bonds. The average Bonchev–Trinajstić information content (AvgIpc) is 3.29. The minimum atomic E-state index is 0.0585. The normalized spacial score (nSPS) is 15.2. The Morgan fingerprint density at radius 1 is 1.32 bits per heavy atom. The molecule has 1 saturated heterocycles. The van der Waals surface area contributed by atoms with Crippen molar-refractivity contribution in [1.29, 1.82) is 0 Å². The molecule has 1 aliphatic rings. The lowest BCUT2D eigenvalue weighted by Crippen LogP contribution is -2.30. The second-order valence-electron chi connectivity index (χ2n) is 7.79. The molecule has 1 fully saturated rings. The van der Waals surface area contributed by atoms with Gasteiger partial charge in [0.2, 0.25) is 0 Å². The van der Waals surface area contributed by atoms with Gasteiger partial charge in [-0.15, -0.1) is 11.3 Å². The molecule has 3 aromatic rings. The van der Waals surface area contributed by atoms with Crippen LogP contribution in [0.5, 0.6) is 0 Å². The fraction of sp³-hybridized carbons (Fsp3) is 0.455. The fourth-order valence-corrected chi connectivity index (χ4v) is 4.63. The van der Waals surface area contributed by atoms with Crippen LogP contribution in [-0.4, -0.2) is 47.0 Å². The van der Waals surface area contributed by atoms with Crippen molar-refractivity contribution in [2.24, 2.45) is 5.92 Å². The minimum absolute atomic E-state index is 0.0585. The summed E-state index contributed by atoms with van der Waals surface area (Å²) in [6.07, 6.45) is 5.24. The number of hydrogen-bond donors (Lipinski definition) is 0. The maximum Gasteiger partial charge on any atom is 0.271 e. The first-order chi connectivity index (χ1) is 13.5. The van der Waals surface area contributed by atoms with Crippen LogP contribution >= 0.6 is 11.3 Å². The fourth-order valence-electron chi connectivity index (χ4n) is 3.79. The molecule has 0 aliphatic carbocycles. The summed E-state index contributed by atoms with van der Waals surface area (Å²) in [7, 11) is 1.90. The molecular weight excluding hydrogens is 370 g/mol. The summed E-state index contributed by atoms with van der Waals surface area (Å²) in [5.74, 6) is 0.721. The van der Waals surface area contributed by atoms with Crippen LogP contribution in [0.4, 0.5) is 0 Å².